The highest BCUT2D eigenvalue weighted by Gasteiger charge is 2.47. The summed E-state index contributed by atoms with van der Waals surface area (Å²) < 4.78 is 10.0. The van der Waals surface area contributed by atoms with Gasteiger partial charge in [-0.05, 0) is 19.2 Å². The number of aromatic nitrogens is 1. The second kappa shape index (κ2) is 5.46. The second-order valence-electron chi connectivity index (χ2n) is 4.76. The number of carbonyl (C=O) groups is 1. The van der Waals surface area contributed by atoms with Crippen LogP contribution >= 0.6 is 0 Å². The summed E-state index contributed by atoms with van der Waals surface area (Å²) >= 11 is 0. The number of rotatable bonds is 5. The number of nitrogens with zero attached hydrogens (tertiary/aromatic N) is 2. The first-order valence-electron chi connectivity index (χ1n) is 5.91. The first kappa shape index (κ1) is 13.0. The van der Waals surface area contributed by atoms with Gasteiger partial charge in [-0.1, -0.05) is 6.07 Å². The zero-order valence-electron chi connectivity index (χ0n) is 10.8. The molecule has 0 aliphatic carbocycles. The number of carbonyl (C=O) groups excluding carboxylic acids is 1. The van der Waals surface area contributed by atoms with E-state index in [-0.39, 0.29) is 5.97 Å². The van der Waals surface area contributed by atoms with Crippen LogP contribution in [-0.2, 0) is 20.8 Å². The number of pyridine rings is 1. The van der Waals surface area contributed by atoms with E-state index in [0.717, 1.165) is 5.69 Å². The molecule has 1 saturated heterocycles. The van der Waals surface area contributed by atoms with Crippen LogP contribution in [-0.4, -0.2) is 49.8 Å². The smallest absolute Gasteiger partial charge is 0.317 e. The summed E-state index contributed by atoms with van der Waals surface area (Å²) in [6.45, 7) is 2.20. The van der Waals surface area contributed by atoms with Crippen LogP contribution in [0.3, 0.4) is 0 Å². The summed E-state index contributed by atoms with van der Waals surface area (Å²) in [6.07, 6.45) is 1.77. The molecular weight excluding hydrogens is 232 g/mol. The van der Waals surface area contributed by atoms with E-state index in [2.05, 4.69) is 9.88 Å². The van der Waals surface area contributed by atoms with Crippen molar-refractivity contribution < 1.29 is 14.3 Å². The molecule has 18 heavy (non-hydrogen) atoms. The Balaban J connectivity index is 1.94. The molecule has 98 valence electrons. The topological polar surface area (TPSA) is 51.7 Å². The van der Waals surface area contributed by atoms with E-state index in [1.165, 1.54) is 7.11 Å². The minimum atomic E-state index is -0.502. The van der Waals surface area contributed by atoms with Crippen LogP contribution in [0.4, 0.5) is 0 Å². The van der Waals surface area contributed by atoms with E-state index in [0.29, 0.717) is 26.3 Å². The van der Waals surface area contributed by atoms with Crippen molar-refractivity contribution in [3.05, 3.63) is 30.1 Å². The molecule has 1 aliphatic rings. The van der Waals surface area contributed by atoms with E-state index in [1.807, 2.05) is 25.2 Å². The zero-order valence-corrected chi connectivity index (χ0v) is 10.8. The third-order valence-electron chi connectivity index (χ3n) is 3.11. The fraction of sp³-hybridized carbons (Fsp3) is 0.538. The van der Waals surface area contributed by atoms with Crippen molar-refractivity contribution in [1.82, 2.24) is 9.88 Å². The van der Waals surface area contributed by atoms with Crippen LogP contribution in [0.25, 0.3) is 0 Å². The highest BCUT2D eigenvalue weighted by atomic mass is 16.5. The lowest BCUT2D eigenvalue weighted by Crippen LogP contribution is -2.55. The molecule has 0 N–H and O–H groups in total. The number of methoxy groups -OCH3 is 1. The first-order chi connectivity index (χ1) is 8.66. The van der Waals surface area contributed by atoms with Crippen molar-refractivity contribution >= 4 is 5.97 Å². The van der Waals surface area contributed by atoms with Crippen LogP contribution in [0.2, 0.25) is 0 Å². The largest absolute Gasteiger partial charge is 0.468 e. The van der Waals surface area contributed by atoms with Crippen LogP contribution in [0, 0.1) is 5.41 Å². The van der Waals surface area contributed by atoms with Gasteiger partial charge in [0.2, 0.25) is 0 Å². The van der Waals surface area contributed by atoms with Gasteiger partial charge in [-0.25, -0.2) is 0 Å². The predicted octanol–water partition coefficient (Wildman–Crippen LogP) is 0.703. The molecule has 5 heteroatoms. The minimum absolute atomic E-state index is 0.193. The van der Waals surface area contributed by atoms with Crippen molar-refractivity contribution in [2.45, 2.75) is 6.54 Å². The number of esters is 1. The van der Waals surface area contributed by atoms with Gasteiger partial charge in [0.15, 0.2) is 0 Å². The Hall–Kier alpha value is -1.46. The van der Waals surface area contributed by atoms with Gasteiger partial charge in [-0.15, -0.1) is 0 Å². The van der Waals surface area contributed by atoms with Crippen molar-refractivity contribution in [1.29, 1.82) is 0 Å². The zero-order chi connectivity index (χ0) is 13.0. The highest BCUT2D eigenvalue weighted by molar-refractivity contribution is 5.78. The molecule has 1 aromatic heterocycles. The monoisotopic (exact) mass is 250 g/mol. The molecule has 0 spiro atoms. The number of hydrogen-bond donors (Lipinski definition) is 0. The molecule has 0 saturated carbocycles. The lowest BCUT2D eigenvalue weighted by Gasteiger charge is -2.40. The Bertz CT molecular complexity index is 404. The minimum Gasteiger partial charge on any atom is -0.468 e. The molecule has 0 bridgehead atoms. The molecule has 5 nitrogen and oxygen atoms in total. The van der Waals surface area contributed by atoms with Gasteiger partial charge in [0.25, 0.3) is 0 Å². The van der Waals surface area contributed by atoms with Gasteiger partial charge in [0.1, 0.15) is 5.41 Å². The van der Waals surface area contributed by atoms with Gasteiger partial charge in [-0.3, -0.25) is 14.7 Å². The lowest BCUT2D eigenvalue weighted by molar-refractivity contribution is -0.186. The Morgan fingerprint density at radius 1 is 1.56 bits per heavy atom. The molecule has 1 fully saturated rings. The average Bonchev–Trinajstić information content (AvgIpc) is 2.34. The second-order valence-corrected chi connectivity index (χ2v) is 4.76. The molecule has 2 rings (SSSR count). The molecular formula is C13H18N2O3. The fourth-order valence-electron chi connectivity index (χ4n) is 2.18. The number of ether oxygens (including phenoxy) is 2. The van der Waals surface area contributed by atoms with Gasteiger partial charge < -0.3 is 9.47 Å². The predicted molar refractivity (Wildman–Crippen MR) is 65.8 cm³/mol. The molecule has 0 atom stereocenters. The van der Waals surface area contributed by atoms with Crippen LogP contribution in [0.1, 0.15) is 5.69 Å². The molecule has 0 radical (unpaired) electrons. The fourth-order valence-corrected chi connectivity index (χ4v) is 2.18. The van der Waals surface area contributed by atoms with Crippen LogP contribution < -0.4 is 0 Å². The Kier molecular flexibility index (Phi) is 3.93. The van der Waals surface area contributed by atoms with Gasteiger partial charge >= 0.3 is 5.97 Å². The van der Waals surface area contributed by atoms with Gasteiger partial charge in [0.05, 0.1) is 26.0 Å². The molecule has 2 heterocycles. The lowest BCUT2D eigenvalue weighted by atomic mass is 9.85. The highest BCUT2D eigenvalue weighted by Crippen LogP contribution is 2.30. The van der Waals surface area contributed by atoms with Gasteiger partial charge in [-0.2, -0.15) is 0 Å². The average molecular weight is 250 g/mol. The third kappa shape index (κ3) is 2.68. The summed E-state index contributed by atoms with van der Waals surface area (Å²) in [7, 11) is 3.39. The third-order valence-corrected chi connectivity index (χ3v) is 3.11. The summed E-state index contributed by atoms with van der Waals surface area (Å²) in [5.41, 5.74) is 0.485. The van der Waals surface area contributed by atoms with Crippen molar-refractivity contribution in [3.8, 4) is 0 Å². The summed E-state index contributed by atoms with van der Waals surface area (Å²) in [6, 6.07) is 5.82. The Labute approximate surface area is 107 Å². The summed E-state index contributed by atoms with van der Waals surface area (Å²) in [5, 5.41) is 0. The summed E-state index contributed by atoms with van der Waals surface area (Å²) in [5.74, 6) is -0.193. The molecule has 0 aromatic carbocycles. The SMILES string of the molecule is COC(=O)C1(CN(C)Cc2ccccn2)COC1. The Morgan fingerprint density at radius 3 is 2.83 bits per heavy atom. The van der Waals surface area contributed by atoms with Crippen molar-refractivity contribution in [2.75, 3.05) is 33.9 Å². The normalized spacial score (nSPS) is 17.3. The maximum Gasteiger partial charge on any atom is 0.317 e. The first-order valence-corrected chi connectivity index (χ1v) is 5.91. The van der Waals surface area contributed by atoms with Crippen LogP contribution in [0.15, 0.2) is 24.4 Å². The van der Waals surface area contributed by atoms with E-state index in [9.17, 15) is 4.79 Å². The van der Waals surface area contributed by atoms with Gasteiger partial charge in [0, 0.05) is 19.3 Å². The molecule has 1 aromatic rings. The quantitative estimate of drug-likeness (QED) is 0.720. The number of hydrogen-bond acceptors (Lipinski definition) is 5. The van der Waals surface area contributed by atoms with E-state index in [4.69, 9.17) is 9.47 Å². The summed E-state index contributed by atoms with van der Waals surface area (Å²) in [4.78, 5) is 18.1. The van der Waals surface area contributed by atoms with E-state index < -0.39 is 5.41 Å². The van der Waals surface area contributed by atoms with Crippen molar-refractivity contribution in [2.24, 2.45) is 5.41 Å². The van der Waals surface area contributed by atoms with E-state index >= 15 is 0 Å². The molecule has 1 aliphatic heterocycles. The van der Waals surface area contributed by atoms with Crippen molar-refractivity contribution in [3.63, 3.8) is 0 Å². The standard InChI is InChI=1S/C13H18N2O3/c1-15(7-11-5-3-4-6-14-11)8-13(9-18-10-13)12(16)17-2/h3-6H,7-10H2,1-2H3. The molecule has 0 amide bonds. The van der Waals surface area contributed by atoms with Crippen LogP contribution in [0.5, 0.6) is 0 Å². The maximum absolute atomic E-state index is 11.8. The maximum atomic E-state index is 11.8. The Morgan fingerprint density at radius 2 is 2.33 bits per heavy atom. The molecule has 0 unspecified atom stereocenters. The van der Waals surface area contributed by atoms with E-state index in [1.54, 1.807) is 6.20 Å².